The number of carbonyl (C=O) groups is 1. The molecule has 0 radical (unpaired) electrons. The van der Waals surface area contributed by atoms with Crippen molar-refractivity contribution in [2.24, 2.45) is 5.10 Å². The molecule has 33 heavy (non-hydrogen) atoms. The molecule has 0 saturated carbocycles. The summed E-state index contributed by atoms with van der Waals surface area (Å²) in [5.74, 6) is 7.26. The van der Waals surface area contributed by atoms with Gasteiger partial charge in [0, 0.05) is 23.9 Å². The lowest BCUT2D eigenvalue weighted by Crippen LogP contribution is -2.17. The molecule has 1 aromatic heterocycles. The Morgan fingerprint density at radius 1 is 1.15 bits per heavy atom. The van der Waals surface area contributed by atoms with Gasteiger partial charge in [0.25, 0.3) is 5.95 Å². The summed E-state index contributed by atoms with van der Waals surface area (Å²) < 4.78 is 11.7. The molecule has 10 nitrogen and oxygen atoms in total. The third-order valence-corrected chi connectivity index (χ3v) is 5.22. The van der Waals surface area contributed by atoms with E-state index in [-0.39, 0.29) is 17.6 Å². The number of hydrazone groups is 1. The number of methoxy groups -OCH3 is 2. The van der Waals surface area contributed by atoms with E-state index in [1.54, 1.807) is 32.4 Å². The number of allylic oxidation sites excluding steroid dienone is 1. The van der Waals surface area contributed by atoms with Crippen LogP contribution >= 0.6 is 11.8 Å². The van der Waals surface area contributed by atoms with Crippen LogP contribution in [0.2, 0.25) is 0 Å². The summed E-state index contributed by atoms with van der Waals surface area (Å²) in [7, 11) is 3.09. The highest BCUT2D eigenvalue weighted by Gasteiger charge is 2.13. The van der Waals surface area contributed by atoms with Crippen molar-refractivity contribution in [1.82, 2.24) is 14.9 Å². The summed E-state index contributed by atoms with van der Waals surface area (Å²) in [5.41, 5.74) is 5.13. The molecular weight excluding hydrogens is 442 g/mol. The lowest BCUT2D eigenvalue weighted by atomic mass is 10.2. The van der Waals surface area contributed by atoms with Crippen LogP contribution in [0.3, 0.4) is 0 Å². The van der Waals surface area contributed by atoms with E-state index in [0.29, 0.717) is 22.3 Å². The Bertz CT molecular complexity index is 1120. The number of ether oxygens (including phenoxy) is 2. The van der Waals surface area contributed by atoms with E-state index in [0.717, 1.165) is 23.0 Å². The molecule has 0 fully saturated rings. The van der Waals surface area contributed by atoms with Crippen molar-refractivity contribution < 1.29 is 14.3 Å². The highest BCUT2D eigenvalue weighted by atomic mass is 32.2. The molecule has 0 spiro atoms. The van der Waals surface area contributed by atoms with E-state index in [2.05, 4.69) is 26.0 Å². The molecule has 3 rings (SSSR count). The number of nitrogens with one attached hydrogen (secondary N) is 2. The van der Waals surface area contributed by atoms with Gasteiger partial charge < -0.3 is 20.6 Å². The predicted molar refractivity (Wildman–Crippen MR) is 131 cm³/mol. The molecule has 0 aliphatic carbocycles. The van der Waals surface area contributed by atoms with Gasteiger partial charge in [0.15, 0.2) is 0 Å². The SMILES string of the molecule is COc1cc(NC(=O)CSc2nnc(N/N=C(C)/C=C/c3ccccc3)n2N)cc(OC)c1. The molecule has 11 heteroatoms. The molecule has 0 saturated heterocycles. The highest BCUT2D eigenvalue weighted by molar-refractivity contribution is 7.99. The Balaban J connectivity index is 1.54. The number of nitrogen functional groups attached to an aromatic ring is 1. The maximum atomic E-state index is 12.4. The third-order valence-electron chi connectivity index (χ3n) is 4.28. The first-order chi connectivity index (χ1) is 16.0. The quantitative estimate of drug-likeness (QED) is 0.179. The van der Waals surface area contributed by atoms with Crippen LogP contribution < -0.4 is 26.1 Å². The fourth-order valence-corrected chi connectivity index (χ4v) is 3.27. The summed E-state index contributed by atoms with van der Waals surface area (Å²) in [4.78, 5) is 12.4. The van der Waals surface area contributed by atoms with Crippen LogP contribution in [0.4, 0.5) is 11.6 Å². The van der Waals surface area contributed by atoms with E-state index in [1.807, 2.05) is 49.4 Å². The van der Waals surface area contributed by atoms with Crippen LogP contribution in [-0.2, 0) is 4.79 Å². The molecule has 0 unspecified atom stereocenters. The Morgan fingerprint density at radius 2 is 1.85 bits per heavy atom. The van der Waals surface area contributed by atoms with Gasteiger partial charge >= 0.3 is 0 Å². The Hall–Kier alpha value is -3.99. The van der Waals surface area contributed by atoms with E-state index in [1.165, 1.54) is 4.68 Å². The first kappa shape index (κ1) is 23.7. The number of hydrogen-bond donors (Lipinski definition) is 3. The first-order valence-electron chi connectivity index (χ1n) is 9.88. The van der Waals surface area contributed by atoms with Crippen molar-refractivity contribution in [1.29, 1.82) is 0 Å². The summed E-state index contributed by atoms with van der Waals surface area (Å²) in [5, 5.41) is 15.4. The molecule has 3 aromatic rings. The number of hydrogen-bond acceptors (Lipinski definition) is 9. The van der Waals surface area contributed by atoms with Crippen LogP contribution in [0.1, 0.15) is 12.5 Å². The molecule has 2 aromatic carbocycles. The van der Waals surface area contributed by atoms with Crippen molar-refractivity contribution in [3.63, 3.8) is 0 Å². The number of nitrogens with two attached hydrogens (primary N) is 1. The predicted octanol–water partition coefficient (Wildman–Crippen LogP) is 3.24. The number of thioether (sulfide) groups is 1. The average molecular weight is 468 g/mol. The van der Waals surface area contributed by atoms with Gasteiger partial charge in [0.2, 0.25) is 11.1 Å². The molecule has 172 valence electrons. The fraction of sp³-hybridized carbons (Fsp3) is 0.182. The first-order valence-corrected chi connectivity index (χ1v) is 10.9. The molecule has 1 heterocycles. The molecule has 0 aliphatic heterocycles. The zero-order valence-electron chi connectivity index (χ0n) is 18.5. The van der Waals surface area contributed by atoms with Gasteiger partial charge in [-0.05, 0) is 18.6 Å². The van der Waals surface area contributed by atoms with Gasteiger partial charge in [-0.2, -0.15) is 5.10 Å². The second-order valence-electron chi connectivity index (χ2n) is 6.72. The topological polar surface area (TPSA) is 129 Å². The van der Waals surface area contributed by atoms with Crippen molar-refractivity contribution in [3.8, 4) is 11.5 Å². The van der Waals surface area contributed by atoms with Crippen LogP contribution in [0.15, 0.2) is 64.9 Å². The zero-order valence-corrected chi connectivity index (χ0v) is 19.3. The molecular formula is C22H25N7O3S. The van der Waals surface area contributed by atoms with Gasteiger partial charge in [0.05, 0.1) is 25.7 Å². The van der Waals surface area contributed by atoms with Gasteiger partial charge in [0.1, 0.15) is 11.5 Å². The van der Waals surface area contributed by atoms with Crippen LogP contribution in [0.5, 0.6) is 11.5 Å². The monoisotopic (exact) mass is 467 g/mol. The minimum Gasteiger partial charge on any atom is -0.497 e. The lowest BCUT2D eigenvalue weighted by Gasteiger charge is -2.09. The van der Waals surface area contributed by atoms with Crippen molar-refractivity contribution in [2.45, 2.75) is 12.1 Å². The Kier molecular flexibility index (Phi) is 8.30. The van der Waals surface area contributed by atoms with E-state index in [4.69, 9.17) is 15.3 Å². The van der Waals surface area contributed by atoms with E-state index in [9.17, 15) is 4.79 Å². The van der Waals surface area contributed by atoms with Crippen LogP contribution in [-0.4, -0.2) is 46.5 Å². The standard InChI is InChI=1S/C22H25N7O3S/c1-15(9-10-16-7-5-4-6-8-16)25-26-21-27-28-22(29(21)23)33-14-20(30)24-17-11-18(31-2)13-19(12-17)32-3/h4-13H,14,23H2,1-3H3,(H,24,30)(H,26,27)/b10-9+,25-15+. The van der Waals surface area contributed by atoms with E-state index >= 15 is 0 Å². The molecule has 0 aliphatic rings. The summed E-state index contributed by atoms with van der Waals surface area (Å²) >= 11 is 1.14. The molecule has 0 bridgehead atoms. The maximum Gasteiger partial charge on any atom is 0.264 e. The van der Waals surface area contributed by atoms with Gasteiger partial charge in [-0.3, -0.25) is 4.79 Å². The fourth-order valence-electron chi connectivity index (χ4n) is 2.61. The molecule has 4 N–H and O–H groups in total. The number of aromatic nitrogens is 3. The minimum atomic E-state index is -0.243. The number of carbonyl (C=O) groups excluding carboxylic acids is 1. The number of rotatable bonds is 10. The highest BCUT2D eigenvalue weighted by Crippen LogP contribution is 2.26. The normalized spacial score (nSPS) is 11.4. The minimum absolute atomic E-state index is 0.0803. The maximum absolute atomic E-state index is 12.4. The number of amides is 1. The second kappa shape index (κ2) is 11.6. The number of benzene rings is 2. The summed E-state index contributed by atoms with van der Waals surface area (Å²) in [6.45, 7) is 1.84. The zero-order chi connectivity index (χ0) is 23.6. The van der Waals surface area contributed by atoms with Crippen LogP contribution in [0, 0.1) is 0 Å². The van der Waals surface area contributed by atoms with Crippen molar-refractivity contribution >= 4 is 41.1 Å². The summed E-state index contributed by atoms with van der Waals surface area (Å²) in [6.07, 6.45) is 3.82. The second-order valence-corrected chi connectivity index (χ2v) is 7.67. The molecule has 0 atom stereocenters. The van der Waals surface area contributed by atoms with Crippen molar-refractivity contribution in [3.05, 3.63) is 60.2 Å². The average Bonchev–Trinajstić information content (AvgIpc) is 3.19. The van der Waals surface area contributed by atoms with Gasteiger partial charge in [-0.25, -0.2) is 10.1 Å². The van der Waals surface area contributed by atoms with Gasteiger partial charge in [-0.1, -0.05) is 48.2 Å². The smallest absolute Gasteiger partial charge is 0.264 e. The largest absolute Gasteiger partial charge is 0.497 e. The summed E-state index contributed by atoms with van der Waals surface area (Å²) in [6, 6.07) is 15.0. The Morgan fingerprint density at radius 3 is 2.52 bits per heavy atom. The van der Waals surface area contributed by atoms with Crippen molar-refractivity contribution in [2.75, 3.05) is 36.6 Å². The van der Waals surface area contributed by atoms with Crippen LogP contribution in [0.25, 0.3) is 6.08 Å². The molecule has 1 amide bonds. The van der Waals surface area contributed by atoms with E-state index < -0.39 is 0 Å². The lowest BCUT2D eigenvalue weighted by molar-refractivity contribution is -0.113. The number of anilines is 2. The Labute approximate surface area is 195 Å². The third kappa shape index (κ3) is 7.01. The van der Waals surface area contributed by atoms with Gasteiger partial charge in [-0.15, -0.1) is 10.2 Å². The number of nitrogens with zero attached hydrogens (tertiary/aromatic N) is 4.